The van der Waals surface area contributed by atoms with Crippen molar-refractivity contribution in [3.8, 4) is 0 Å². The van der Waals surface area contributed by atoms with E-state index in [0.717, 1.165) is 0 Å². The number of hydrogen-bond donors (Lipinski definition) is 2. The molecule has 0 aliphatic carbocycles. The molecule has 1 aromatic rings. The van der Waals surface area contributed by atoms with E-state index in [9.17, 15) is 8.42 Å². The summed E-state index contributed by atoms with van der Waals surface area (Å²) in [4.78, 5) is 0. The molecule has 96 valence electrons. The average molecular weight is 342 g/mol. The predicted molar refractivity (Wildman–Crippen MR) is 74.5 cm³/mol. The fourth-order valence-electron chi connectivity index (χ4n) is 1.04. The van der Waals surface area contributed by atoms with E-state index >= 15 is 0 Å². The lowest BCUT2D eigenvalue weighted by Gasteiger charge is -2.12. The maximum atomic E-state index is 11.7. The average Bonchev–Trinajstić information content (AvgIpc) is 2.22. The second-order valence-corrected chi connectivity index (χ2v) is 6.65. The molecule has 0 radical (unpaired) electrons. The summed E-state index contributed by atoms with van der Waals surface area (Å²) in [5, 5.41) is 0.453. The molecule has 0 atom stereocenters. The highest BCUT2D eigenvalue weighted by molar-refractivity contribution is 9.10. The largest absolute Gasteiger partial charge is 0.299 e. The molecule has 7 heteroatoms. The van der Waals surface area contributed by atoms with Crippen LogP contribution in [0, 0.1) is 5.92 Å². The summed E-state index contributed by atoms with van der Waals surface area (Å²) in [6.07, 6.45) is 0. The van der Waals surface area contributed by atoms with Gasteiger partial charge in [-0.1, -0.05) is 31.5 Å². The Bertz CT molecular complexity index is 491. The Labute approximate surface area is 115 Å². The summed E-state index contributed by atoms with van der Waals surface area (Å²) < 4.78 is 28.8. The van der Waals surface area contributed by atoms with Gasteiger partial charge in [0.1, 0.15) is 0 Å². The molecule has 0 heterocycles. The Morgan fingerprint density at radius 1 is 1.41 bits per heavy atom. The van der Waals surface area contributed by atoms with Crippen molar-refractivity contribution in [3.63, 3.8) is 0 Å². The monoisotopic (exact) mass is 340 g/mol. The van der Waals surface area contributed by atoms with Gasteiger partial charge >= 0.3 is 0 Å². The molecule has 0 spiro atoms. The maximum absolute atomic E-state index is 11.7. The molecule has 17 heavy (non-hydrogen) atoms. The Morgan fingerprint density at radius 3 is 2.65 bits per heavy atom. The molecule has 1 rings (SSSR count). The molecule has 0 saturated carbocycles. The van der Waals surface area contributed by atoms with Crippen LogP contribution in [0.2, 0.25) is 5.02 Å². The van der Waals surface area contributed by atoms with Gasteiger partial charge < -0.3 is 0 Å². The summed E-state index contributed by atoms with van der Waals surface area (Å²) in [6, 6.07) is 4.98. The molecular weight excluding hydrogens is 328 g/mol. The molecule has 0 aromatic heterocycles. The van der Waals surface area contributed by atoms with Crippen LogP contribution in [-0.4, -0.2) is 15.0 Å². The van der Waals surface area contributed by atoms with Crippen molar-refractivity contribution >= 4 is 43.4 Å². The minimum absolute atomic E-state index is 0.245. The van der Waals surface area contributed by atoms with E-state index in [4.69, 9.17) is 11.6 Å². The molecule has 0 amide bonds. The van der Waals surface area contributed by atoms with Gasteiger partial charge in [-0.25, -0.2) is 0 Å². The van der Waals surface area contributed by atoms with Crippen LogP contribution in [0.1, 0.15) is 13.8 Å². The van der Waals surface area contributed by atoms with E-state index in [0.29, 0.717) is 21.7 Å². The van der Waals surface area contributed by atoms with Gasteiger partial charge in [-0.3, -0.25) is 4.72 Å². The first-order valence-electron chi connectivity index (χ1n) is 5.03. The quantitative estimate of drug-likeness (QED) is 0.865. The summed E-state index contributed by atoms with van der Waals surface area (Å²) in [6.45, 7) is 4.24. The molecule has 0 aliphatic rings. The molecule has 0 aliphatic heterocycles. The summed E-state index contributed by atoms with van der Waals surface area (Å²) in [7, 11) is -3.56. The molecular formula is C10H14BrClN2O2S. The molecule has 0 saturated heterocycles. The van der Waals surface area contributed by atoms with Crippen molar-refractivity contribution in [2.45, 2.75) is 13.8 Å². The van der Waals surface area contributed by atoms with Crippen LogP contribution in [-0.2, 0) is 10.2 Å². The fourth-order valence-corrected chi connectivity index (χ4v) is 2.79. The highest BCUT2D eigenvalue weighted by Gasteiger charge is 2.13. The number of halogens is 2. The first-order valence-corrected chi connectivity index (χ1v) is 7.68. The third kappa shape index (κ3) is 4.83. The lowest BCUT2D eigenvalue weighted by molar-refractivity contribution is 0.565. The number of hydrogen-bond acceptors (Lipinski definition) is 2. The van der Waals surface area contributed by atoms with Crippen molar-refractivity contribution in [1.82, 2.24) is 4.72 Å². The second kappa shape index (κ2) is 6.04. The van der Waals surface area contributed by atoms with Gasteiger partial charge in [-0.15, -0.1) is 0 Å². The van der Waals surface area contributed by atoms with E-state index in [-0.39, 0.29) is 5.92 Å². The lowest BCUT2D eigenvalue weighted by atomic mass is 10.2. The van der Waals surface area contributed by atoms with Crippen molar-refractivity contribution in [3.05, 3.63) is 27.7 Å². The number of rotatable bonds is 5. The standard InChI is InChI=1S/C10H14BrClN2O2S/c1-7(2)6-13-17(15,16)14-9-5-3-4-8(12)10(9)11/h3-5,7,13-14H,6H2,1-2H3. The van der Waals surface area contributed by atoms with E-state index in [1.54, 1.807) is 18.2 Å². The Balaban J connectivity index is 2.80. The zero-order chi connectivity index (χ0) is 13.1. The van der Waals surface area contributed by atoms with Gasteiger partial charge in [-0.2, -0.15) is 13.1 Å². The maximum Gasteiger partial charge on any atom is 0.299 e. The highest BCUT2D eigenvalue weighted by Crippen LogP contribution is 2.30. The third-order valence-electron chi connectivity index (χ3n) is 1.88. The van der Waals surface area contributed by atoms with Crippen LogP contribution in [0.15, 0.2) is 22.7 Å². The topological polar surface area (TPSA) is 58.2 Å². The van der Waals surface area contributed by atoms with Crippen LogP contribution in [0.4, 0.5) is 5.69 Å². The van der Waals surface area contributed by atoms with Gasteiger partial charge in [0.2, 0.25) is 0 Å². The van der Waals surface area contributed by atoms with Crippen molar-refractivity contribution in [1.29, 1.82) is 0 Å². The normalized spacial score (nSPS) is 11.8. The van der Waals surface area contributed by atoms with Crippen LogP contribution in [0.5, 0.6) is 0 Å². The van der Waals surface area contributed by atoms with Gasteiger partial charge in [0.05, 0.1) is 15.2 Å². The minimum Gasteiger partial charge on any atom is -0.270 e. The van der Waals surface area contributed by atoms with E-state index in [1.165, 1.54) is 0 Å². The number of benzene rings is 1. The van der Waals surface area contributed by atoms with Crippen LogP contribution in [0.3, 0.4) is 0 Å². The van der Waals surface area contributed by atoms with Crippen molar-refractivity contribution in [2.75, 3.05) is 11.3 Å². The van der Waals surface area contributed by atoms with Crippen molar-refractivity contribution in [2.24, 2.45) is 5.92 Å². The molecule has 1 aromatic carbocycles. The zero-order valence-electron chi connectivity index (χ0n) is 9.50. The van der Waals surface area contributed by atoms with E-state index in [2.05, 4.69) is 25.4 Å². The Morgan fingerprint density at radius 2 is 2.06 bits per heavy atom. The zero-order valence-corrected chi connectivity index (χ0v) is 12.7. The summed E-state index contributed by atoms with van der Waals surface area (Å²) in [5.41, 5.74) is 0.411. The molecule has 0 unspecified atom stereocenters. The molecule has 4 nitrogen and oxygen atoms in total. The summed E-state index contributed by atoms with van der Waals surface area (Å²) >= 11 is 9.09. The smallest absolute Gasteiger partial charge is 0.270 e. The minimum atomic E-state index is -3.56. The number of anilines is 1. The Kier molecular flexibility index (Phi) is 5.24. The first-order chi connectivity index (χ1) is 7.82. The number of nitrogens with one attached hydrogen (secondary N) is 2. The Hall–Kier alpha value is -0.300. The molecule has 2 N–H and O–H groups in total. The first kappa shape index (κ1) is 14.8. The summed E-state index contributed by atoms with van der Waals surface area (Å²) in [5.74, 6) is 0.245. The predicted octanol–water partition coefficient (Wildman–Crippen LogP) is 3.00. The fraction of sp³-hybridized carbons (Fsp3) is 0.400. The van der Waals surface area contributed by atoms with Crippen LogP contribution >= 0.6 is 27.5 Å². The van der Waals surface area contributed by atoms with Crippen LogP contribution in [0.25, 0.3) is 0 Å². The van der Waals surface area contributed by atoms with Gasteiger partial charge in [0.25, 0.3) is 10.2 Å². The van der Waals surface area contributed by atoms with E-state index < -0.39 is 10.2 Å². The SMILES string of the molecule is CC(C)CNS(=O)(=O)Nc1cccc(Cl)c1Br. The second-order valence-electron chi connectivity index (χ2n) is 3.95. The van der Waals surface area contributed by atoms with Gasteiger partial charge in [-0.05, 0) is 34.0 Å². The van der Waals surface area contributed by atoms with Crippen molar-refractivity contribution < 1.29 is 8.42 Å². The third-order valence-corrected chi connectivity index (χ3v) is 4.31. The van der Waals surface area contributed by atoms with Gasteiger partial charge in [0.15, 0.2) is 0 Å². The highest BCUT2D eigenvalue weighted by atomic mass is 79.9. The van der Waals surface area contributed by atoms with Gasteiger partial charge in [0, 0.05) is 6.54 Å². The lowest BCUT2D eigenvalue weighted by Crippen LogP contribution is -2.32. The van der Waals surface area contributed by atoms with E-state index in [1.807, 2.05) is 13.8 Å². The molecule has 0 fully saturated rings. The molecule has 0 bridgehead atoms. The van der Waals surface area contributed by atoms with Crippen LogP contribution < -0.4 is 9.44 Å².